The number of hydrogen-bond donors (Lipinski definition) is 0. The molecule has 3 aromatic carbocycles. The largest absolute Gasteiger partial charge is 0.461 e. The summed E-state index contributed by atoms with van der Waals surface area (Å²) in [6.45, 7) is 7.23. The van der Waals surface area contributed by atoms with E-state index < -0.39 is 5.41 Å². The molecule has 0 N–H and O–H groups in total. The van der Waals surface area contributed by atoms with Crippen LogP contribution in [-0.2, 0) is 14.9 Å². The molecule has 170 valence electrons. The first-order valence-electron chi connectivity index (χ1n) is 12.0. The Morgan fingerprint density at radius 2 is 1.39 bits per heavy atom. The van der Waals surface area contributed by atoms with Crippen molar-refractivity contribution in [3.63, 3.8) is 0 Å². The van der Waals surface area contributed by atoms with E-state index in [2.05, 4.69) is 65.3 Å². The van der Waals surface area contributed by atoms with Gasteiger partial charge in [-0.05, 0) is 36.6 Å². The van der Waals surface area contributed by atoms with E-state index in [9.17, 15) is 4.79 Å². The maximum atomic E-state index is 13.3. The fraction of sp³-hybridized carbons (Fsp3) is 0.345. The summed E-state index contributed by atoms with van der Waals surface area (Å²) in [5, 5.41) is 0. The number of aryl methyl sites for hydroxylation is 1. The molecule has 0 spiro atoms. The standard InChI is InChI=1S/C29H32N2O2/c1-23-12-14-26(15-13-23)31-20-18-30(19-21-31)17-16-27-22-29(28(32)33-27,24-8-4-2-5-9-24)25-10-6-3-7-11-25/h2-15,27H,16-22H2,1H3/t27-/m0/s1. The Labute approximate surface area is 196 Å². The zero-order valence-electron chi connectivity index (χ0n) is 19.3. The molecule has 0 radical (unpaired) electrons. The van der Waals surface area contributed by atoms with E-state index >= 15 is 0 Å². The van der Waals surface area contributed by atoms with Gasteiger partial charge in [-0.25, -0.2) is 0 Å². The van der Waals surface area contributed by atoms with Crippen LogP contribution >= 0.6 is 0 Å². The van der Waals surface area contributed by atoms with Gasteiger partial charge in [0.15, 0.2) is 0 Å². The lowest BCUT2D eigenvalue weighted by atomic mass is 9.72. The molecular formula is C29H32N2O2. The number of nitrogens with zero attached hydrogens (tertiary/aromatic N) is 2. The summed E-state index contributed by atoms with van der Waals surface area (Å²) in [4.78, 5) is 18.3. The average Bonchev–Trinajstić information content (AvgIpc) is 3.22. The molecule has 0 aliphatic carbocycles. The number of esters is 1. The minimum Gasteiger partial charge on any atom is -0.461 e. The van der Waals surface area contributed by atoms with Crippen LogP contribution in [0.3, 0.4) is 0 Å². The molecular weight excluding hydrogens is 408 g/mol. The molecule has 4 nitrogen and oxygen atoms in total. The lowest BCUT2D eigenvalue weighted by Crippen LogP contribution is -2.47. The van der Waals surface area contributed by atoms with Crippen molar-refractivity contribution < 1.29 is 9.53 Å². The third-order valence-corrected chi connectivity index (χ3v) is 7.23. The molecule has 1 atom stereocenters. The van der Waals surface area contributed by atoms with Gasteiger partial charge in [-0.1, -0.05) is 78.4 Å². The van der Waals surface area contributed by atoms with Crippen LogP contribution < -0.4 is 4.90 Å². The maximum absolute atomic E-state index is 13.3. The summed E-state index contributed by atoms with van der Waals surface area (Å²) >= 11 is 0. The maximum Gasteiger partial charge on any atom is 0.321 e. The van der Waals surface area contributed by atoms with Crippen molar-refractivity contribution in [1.29, 1.82) is 0 Å². The molecule has 0 saturated carbocycles. The summed E-state index contributed by atoms with van der Waals surface area (Å²) in [5.74, 6) is -0.117. The number of piperazine rings is 1. The van der Waals surface area contributed by atoms with E-state index in [4.69, 9.17) is 4.74 Å². The van der Waals surface area contributed by atoms with E-state index in [0.29, 0.717) is 6.42 Å². The normalized spacial score (nSPS) is 20.6. The number of ether oxygens (including phenoxy) is 1. The zero-order chi connectivity index (χ0) is 22.7. The van der Waals surface area contributed by atoms with Gasteiger partial charge in [0.1, 0.15) is 11.5 Å². The molecule has 2 saturated heterocycles. The van der Waals surface area contributed by atoms with Gasteiger partial charge in [0.25, 0.3) is 0 Å². The first-order chi connectivity index (χ1) is 16.1. The highest BCUT2D eigenvalue weighted by Crippen LogP contribution is 2.44. The fourth-order valence-corrected chi connectivity index (χ4v) is 5.27. The number of carbonyl (C=O) groups excluding carboxylic acids is 1. The van der Waals surface area contributed by atoms with E-state index in [-0.39, 0.29) is 12.1 Å². The molecule has 5 rings (SSSR count). The van der Waals surface area contributed by atoms with Crippen LogP contribution in [0, 0.1) is 6.92 Å². The number of cyclic esters (lactones) is 1. The predicted octanol–water partition coefficient (Wildman–Crippen LogP) is 4.81. The number of carbonyl (C=O) groups is 1. The summed E-state index contributed by atoms with van der Waals surface area (Å²) in [6.07, 6.45) is 1.51. The highest BCUT2D eigenvalue weighted by atomic mass is 16.6. The fourth-order valence-electron chi connectivity index (χ4n) is 5.27. The molecule has 2 aliphatic rings. The molecule has 4 heteroatoms. The summed E-state index contributed by atoms with van der Waals surface area (Å²) in [7, 11) is 0. The van der Waals surface area contributed by atoms with Crippen molar-refractivity contribution in [2.45, 2.75) is 31.3 Å². The van der Waals surface area contributed by atoms with Crippen LogP contribution in [0.4, 0.5) is 5.69 Å². The van der Waals surface area contributed by atoms with Gasteiger partial charge in [0, 0.05) is 44.8 Å². The van der Waals surface area contributed by atoms with E-state index in [0.717, 1.165) is 50.3 Å². The third-order valence-electron chi connectivity index (χ3n) is 7.23. The van der Waals surface area contributed by atoms with Gasteiger partial charge in [-0.3, -0.25) is 9.69 Å². The number of hydrogen-bond acceptors (Lipinski definition) is 4. The lowest BCUT2D eigenvalue weighted by molar-refractivity contribution is -0.144. The topological polar surface area (TPSA) is 32.8 Å². The van der Waals surface area contributed by atoms with Gasteiger partial charge in [0.2, 0.25) is 0 Å². The van der Waals surface area contributed by atoms with Crippen molar-refractivity contribution in [3.05, 3.63) is 102 Å². The Hall–Kier alpha value is -3.11. The first-order valence-corrected chi connectivity index (χ1v) is 12.0. The smallest absolute Gasteiger partial charge is 0.321 e. The minimum absolute atomic E-state index is 0.0620. The Balaban J connectivity index is 1.23. The Bertz CT molecular complexity index is 1020. The molecule has 0 unspecified atom stereocenters. The van der Waals surface area contributed by atoms with Gasteiger partial charge in [-0.15, -0.1) is 0 Å². The van der Waals surface area contributed by atoms with Crippen LogP contribution in [0.1, 0.15) is 29.5 Å². The number of anilines is 1. The van der Waals surface area contributed by atoms with Crippen LogP contribution in [0.25, 0.3) is 0 Å². The second-order valence-electron chi connectivity index (χ2n) is 9.32. The van der Waals surface area contributed by atoms with Crippen molar-refractivity contribution in [3.8, 4) is 0 Å². The van der Waals surface area contributed by atoms with Gasteiger partial charge in [0.05, 0.1) is 0 Å². The van der Waals surface area contributed by atoms with Crippen LogP contribution in [-0.4, -0.2) is 49.7 Å². The van der Waals surface area contributed by atoms with Crippen LogP contribution in [0.5, 0.6) is 0 Å². The zero-order valence-corrected chi connectivity index (χ0v) is 19.3. The SMILES string of the molecule is Cc1ccc(N2CCN(CC[C@H]3CC(c4ccccc4)(c4ccccc4)C(=O)O3)CC2)cc1. The predicted molar refractivity (Wildman–Crippen MR) is 133 cm³/mol. The van der Waals surface area contributed by atoms with Crippen molar-refractivity contribution >= 4 is 11.7 Å². The summed E-state index contributed by atoms with van der Waals surface area (Å²) in [5.41, 5.74) is 3.94. The van der Waals surface area contributed by atoms with E-state index in [1.807, 2.05) is 36.4 Å². The van der Waals surface area contributed by atoms with Crippen LogP contribution in [0.15, 0.2) is 84.9 Å². The van der Waals surface area contributed by atoms with E-state index in [1.165, 1.54) is 11.3 Å². The molecule has 3 aromatic rings. The summed E-state index contributed by atoms with van der Waals surface area (Å²) < 4.78 is 6.00. The average molecular weight is 441 g/mol. The second-order valence-corrected chi connectivity index (χ2v) is 9.32. The highest BCUT2D eigenvalue weighted by molar-refractivity contribution is 5.89. The van der Waals surface area contributed by atoms with Crippen LogP contribution in [0.2, 0.25) is 0 Å². The third kappa shape index (κ3) is 4.40. The quantitative estimate of drug-likeness (QED) is 0.515. The lowest BCUT2D eigenvalue weighted by Gasteiger charge is -2.36. The highest BCUT2D eigenvalue weighted by Gasteiger charge is 2.51. The van der Waals surface area contributed by atoms with Crippen molar-refractivity contribution in [2.75, 3.05) is 37.6 Å². The monoisotopic (exact) mass is 440 g/mol. The molecule has 2 aliphatic heterocycles. The minimum atomic E-state index is -0.711. The number of benzene rings is 3. The van der Waals surface area contributed by atoms with E-state index in [1.54, 1.807) is 0 Å². The molecule has 0 amide bonds. The van der Waals surface area contributed by atoms with Crippen molar-refractivity contribution in [1.82, 2.24) is 4.90 Å². The Morgan fingerprint density at radius 1 is 0.818 bits per heavy atom. The molecule has 0 aromatic heterocycles. The van der Waals surface area contributed by atoms with Gasteiger partial charge in [-0.2, -0.15) is 0 Å². The molecule has 2 heterocycles. The number of rotatable bonds is 6. The molecule has 2 fully saturated rings. The van der Waals surface area contributed by atoms with Gasteiger partial charge >= 0.3 is 5.97 Å². The molecule has 0 bridgehead atoms. The second kappa shape index (κ2) is 9.40. The van der Waals surface area contributed by atoms with Gasteiger partial charge < -0.3 is 9.64 Å². The Morgan fingerprint density at radius 3 is 1.97 bits per heavy atom. The van der Waals surface area contributed by atoms with Crippen molar-refractivity contribution in [2.24, 2.45) is 0 Å². The Kier molecular flexibility index (Phi) is 6.19. The summed E-state index contributed by atoms with van der Waals surface area (Å²) in [6, 6.07) is 29.1. The first kappa shape index (κ1) is 21.7. The molecule has 33 heavy (non-hydrogen) atoms.